The minimum absolute atomic E-state index is 0.0154. The van der Waals surface area contributed by atoms with Crippen LogP contribution < -0.4 is 5.32 Å². The number of rotatable bonds is 7. The highest BCUT2D eigenvalue weighted by Crippen LogP contribution is 2.13. The van der Waals surface area contributed by atoms with Crippen molar-refractivity contribution in [3.05, 3.63) is 34.9 Å². The van der Waals surface area contributed by atoms with Crippen LogP contribution in [-0.4, -0.2) is 29.4 Å². The Bertz CT molecular complexity index is 479. The van der Waals surface area contributed by atoms with Gasteiger partial charge in [-0.2, -0.15) is 0 Å². The molecular weight excluding hydrogens is 254 g/mol. The van der Waals surface area contributed by atoms with Crippen molar-refractivity contribution < 1.29 is 14.7 Å². The smallest absolute Gasteiger partial charge is 0.220 e. The van der Waals surface area contributed by atoms with Gasteiger partial charge < -0.3 is 10.4 Å². The molecule has 20 heavy (non-hydrogen) atoms. The van der Waals surface area contributed by atoms with Crippen LogP contribution in [0.2, 0.25) is 0 Å². The Labute approximate surface area is 120 Å². The fraction of sp³-hybridized carbons (Fsp3) is 0.500. The first-order valence-electron chi connectivity index (χ1n) is 6.98. The van der Waals surface area contributed by atoms with E-state index in [9.17, 15) is 9.59 Å². The number of nitrogens with one attached hydrogen (secondary N) is 1. The molecule has 0 radical (unpaired) electrons. The number of hydrogen-bond donors (Lipinski definition) is 2. The van der Waals surface area contributed by atoms with E-state index in [1.54, 1.807) is 0 Å². The molecule has 0 spiro atoms. The van der Waals surface area contributed by atoms with Crippen LogP contribution in [0.5, 0.6) is 0 Å². The summed E-state index contributed by atoms with van der Waals surface area (Å²) in [5, 5.41) is 11.7. The number of aliphatic hydroxyl groups excluding tert-OH is 1. The molecule has 4 nitrogen and oxygen atoms in total. The number of Topliss-reactive ketones (excluding diaryl/α,β-unsaturated/α-hetero) is 1. The maximum atomic E-state index is 12.1. The second kappa shape index (κ2) is 7.80. The molecular formula is C16H23NO3. The molecule has 0 fully saturated rings. The minimum Gasteiger partial charge on any atom is -0.394 e. The van der Waals surface area contributed by atoms with Gasteiger partial charge in [0.1, 0.15) is 0 Å². The van der Waals surface area contributed by atoms with Gasteiger partial charge in [-0.05, 0) is 31.9 Å². The third-order valence-electron chi connectivity index (χ3n) is 3.35. The lowest BCUT2D eigenvalue weighted by atomic mass is 9.99. The fourth-order valence-electron chi connectivity index (χ4n) is 1.97. The first kappa shape index (κ1) is 16.4. The molecule has 1 amide bonds. The molecule has 1 rings (SSSR count). The number of benzene rings is 1. The van der Waals surface area contributed by atoms with E-state index >= 15 is 0 Å². The van der Waals surface area contributed by atoms with Gasteiger partial charge in [0.15, 0.2) is 5.78 Å². The van der Waals surface area contributed by atoms with E-state index in [1.807, 2.05) is 39.0 Å². The fourth-order valence-corrected chi connectivity index (χ4v) is 1.97. The van der Waals surface area contributed by atoms with Gasteiger partial charge in [0.2, 0.25) is 5.91 Å². The molecule has 0 heterocycles. The van der Waals surface area contributed by atoms with Gasteiger partial charge in [-0.15, -0.1) is 0 Å². The van der Waals surface area contributed by atoms with Crippen molar-refractivity contribution in [2.24, 2.45) is 0 Å². The summed E-state index contributed by atoms with van der Waals surface area (Å²) in [5.74, 6) is -0.206. The predicted molar refractivity (Wildman–Crippen MR) is 78.8 cm³/mol. The molecule has 0 aliphatic rings. The maximum absolute atomic E-state index is 12.1. The van der Waals surface area contributed by atoms with E-state index in [1.165, 1.54) is 0 Å². The second-order valence-electron chi connectivity index (χ2n) is 5.10. The molecule has 1 atom stereocenters. The molecule has 0 aliphatic carbocycles. The molecule has 1 unspecified atom stereocenters. The lowest BCUT2D eigenvalue weighted by Gasteiger charge is -2.13. The van der Waals surface area contributed by atoms with Crippen LogP contribution in [0, 0.1) is 13.8 Å². The second-order valence-corrected chi connectivity index (χ2v) is 5.10. The molecule has 110 valence electrons. The number of carbonyl (C=O) groups is 2. The summed E-state index contributed by atoms with van der Waals surface area (Å²) in [6, 6.07) is 5.52. The highest BCUT2D eigenvalue weighted by atomic mass is 16.3. The Morgan fingerprint density at radius 1 is 1.25 bits per heavy atom. The number of aryl methyl sites for hydroxylation is 2. The molecule has 1 aromatic rings. The summed E-state index contributed by atoms with van der Waals surface area (Å²) < 4.78 is 0. The molecule has 0 bridgehead atoms. The number of carbonyl (C=O) groups excluding carboxylic acids is 2. The summed E-state index contributed by atoms with van der Waals surface area (Å²) in [7, 11) is 0. The Morgan fingerprint density at radius 3 is 2.55 bits per heavy atom. The van der Waals surface area contributed by atoms with E-state index < -0.39 is 0 Å². The summed E-state index contributed by atoms with van der Waals surface area (Å²) >= 11 is 0. The molecule has 0 saturated carbocycles. The van der Waals surface area contributed by atoms with Crippen LogP contribution >= 0.6 is 0 Å². The van der Waals surface area contributed by atoms with Crippen LogP contribution in [0.4, 0.5) is 0 Å². The topological polar surface area (TPSA) is 66.4 Å². The zero-order valence-corrected chi connectivity index (χ0v) is 12.4. The van der Waals surface area contributed by atoms with Crippen LogP contribution in [-0.2, 0) is 4.79 Å². The zero-order chi connectivity index (χ0) is 15.1. The first-order chi connectivity index (χ1) is 9.47. The van der Waals surface area contributed by atoms with Crippen LogP contribution in [0.15, 0.2) is 18.2 Å². The van der Waals surface area contributed by atoms with E-state index in [0.717, 1.165) is 11.1 Å². The summed E-state index contributed by atoms with van der Waals surface area (Å²) in [6.07, 6.45) is 1.02. The zero-order valence-electron chi connectivity index (χ0n) is 12.4. The SMILES string of the molecule is CCC(CO)NC(=O)CCC(=O)c1cc(C)ccc1C. The standard InChI is InChI=1S/C16H23NO3/c1-4-13(10-18)17-16(20)8-7-15(19)14-9-11(2)5-6-12(14)3/h5-6,9,13,18H,4,7-8,10H2,1-3H3,(H,17,20). The quantitative estimate of drug-likeness (QED) is 0.750. The van der Waals surface area contributed by atoms with E-state index in [2.05, 4.69) is 5.32 Å². The number of amides is 1. The molecule has 2 N–H and O–H groups in total. The van der Waals surface area contributed by atoms with Gasteiger partial charge in [0, 0.05) is 18.4 Å². The molecule has 0 saturated heterocycles. The summed E-state index contributed by atoms with van der Waals surface area (Å²) in [4.78, 5) is 23.8. The summed E-state index contributed by atoms with van der Waals surface area (Å²) in [5.41, 5.74) is 2.66. The Hall–Kier alpha value is -1.68. The lowest BCUT2D eigenvalue weighted by molar-refractivity contribution is -0.122. The maximum Gasteiger partial charge on any atom is 0.220 e. The Kier molecular flexibility index (Phi) is 6.39. The van der Waals surface area contributed by atoms with Gasteiger partial charge in [0.25, 0.3) is 0 Å². The molecule has 1 aromatic carbocycles. The molecule has 0 aromatic heterocycles. The van der Waals surface area contributed by atoms with E-state index in [0.29, 0.717) is 12.0 Å². The molecule has 4 heteroatoms. The van der Waals surface area contributed by atoms with Gasteiger partial charge in [-0.25, -0.2) is 0 Å². The highest BCUT2D eigenvalue weighted by Gasteiger charge is 2.13. The van der Waals surface area contributed by atoms with Crippen molar-refractivity contribution >= 4 is 11.7 Å². The van der Waals surface area contributed by atoms with Crippen molar-refractivity contribution in [3.63, 3.8) is 0 Å². The van der Waals surface area contributed by atoms with Crippen molar-refractivity contribution in [2.75, 3.05) is 6.61 Å². The van der Waals surface area contributed by atoms with Gasteiger partial charge in [-0.1, -0.05) is 24.6 Å². The Morgan fingerprint density at radius 2 is 1.95 bits per heavy atom. The lowest BCUT2D eigenvalue weighted by Crippen LogP contribution is -2.37. The van der Waals surface area contributed by atoms with Crippen molar-refractivity contribution in [2.45, 2.75) is 46.1 Å². The average Bonchev–Trinajstić information content (AvgIpc) is 2.44. The van der Waals surface area contributed by atoms with Gasteiger partial charge in [-0.3, -0.25) is 9.59 Å². The van der Waals surface area contributed by atoms with Gasteiger partial charge in [0.05, 0.1) is 12.6 Å². The third-order valence-corrected chi connectivity index (χ3v) is 3.35. The van der Waals surface area contributed by atoms with Crippen molar-refractivity contribution in [3.8, 4) is 0 Å². The number of hydrogen-bond acceptors (Lipinski definition) is 3. The number of aliphatic hydroxyl groups is 1. The normalized spacial score (nSPS) is 12.0. The van der Waals surface area contributed by atoms with Crippen molar-refractivity contribution in [1.29, 1.82) is 0 Å². The minimum atomic E-state index is -0.224. The largest absolute Gasteiger partial charge is 0.394 e. The van der Waals surface area contributed by atoms with Crippen molar-refractivity contribution in [1.82, 2.24) is 5.32 Å². The first-order valence-corrected chi connectivity index (χ1v) is 6.98. The average molecular weight is 277 g/mol. The monoisotopic (exact) mass is 277 g/mol. The predicted octanol–water partition coefficient (Wildman–Crippen LogP) is 2.15. The van der Waals surface area contributed by atoms with Crippen LogP contribution in [0.25, 0.3) is 0 Å². The van der Waals surface area contributed by atoms with E-state index in [-0.39, 0.29) is 37.2 Å². The van der Waals surface area contributed by atoms with Crippen LogP contribution in [0.1, 0.15) is 47.7 Å². The summed E-state index contributed by atoms with van der Waals surface area (Å²) in [6.45, 7) is 5.65. The molecule has 0 aliphatic heterocycles. The van der Waals surface area contributed by atoms with Gasteiger partial charge >= 0.3 is 0 Å². The Balaban J connectivity index is 2.55. The van der Waals surface area contributed by atoms with E-state index in [4.69, 9.17) is 5.11 Å². The van der Waals surface area contributed by atoms with Crippen LogP contribution in [0.3, 0.4) is 0 Å². The highest BCUT2D eigenvalue weighted by molar-refractivity contribution is 5.99. The third kappa shape index (κ3) is 4.78. The number of ketones is 1.